The quantitative estimate of drug-likeness (QED) is 0.728. The maximum absolute atomic E-state index is 9.74. The third-order valence-electron chi connectivity index (χ3n) is 3.12. The number of hydrogen-bond acceptors (Lipinski definition) is 6. The van der Waals surface area contributed by atoms with Crippen molar-refractivity contribution in [2.45, 2.75) is 24.6 Å². The van der Waals surface area contributed by atoms with Crippen molar-refractivity contribution in [2.24, 2.45) is 0 Å². The van der Waals surface area contributed by atoms with Crippen LogP contribution in [0.15, 0.2) is 40.9 Å². The molecule has 3 N–H and O–H groups in total. The van der Waals surface area contributed by atoms with Crippen molar-refractivity contribution in [3.05, 3.63) is 42.1 Å². The molecule has 2 aromatic rings. The molecule has 1 saturated heterocycles. The summed E-state index contributed by atoms with van der Waals surface area (Å²) in [4.78, 5) is 0. The van der Waals surface area contributed by atoms with Gasteiger partial charge in [0.1, 0.15) is 24.0 Å². The van der Waals surface area contributed by atoms with E-state index in [4.69, 9.17) is 9.26 Å². The number of aromatic nitrogens is 1. The molecule has 0 spiro atoms. The van der Waals surface area contributed by atoms with Gasteiger partial charge in [-0.05, 0) is 0 Å². The van der Waals surface area contributed by atoms with Crippen LogP contribution in [0.3, 0.4) is 0 Å². The van der Waals surface area contributed by atoms with Crippen LogP contribution in [0.2, 0.25) is 0 Å². The second-order valence-electron chi connectivity index (χ2n) is 4.41. The Balaban J connectivity index is 1.86. The SMILES string of the molecule is OC1O[C@H](c2cc(-c3ccccc3)on2)[C@H](O)[C@H]1O. The number of aliphatic hydroxyl groups is 3. The summed E-state index contributed by atoms with van der Waals surface area (Å²) >= 11 is 0. The van der Waals surface area contributed by atoms with E-state index in [1.807, 2.05) is 30.3 Å². The van der Waals surface area contributed by atoms with Gasteiger partial charge in [0.2, 0.25) is 0 Å². The largest absolute Gasteiger partial charge is 0.387 e. The molecule has 2 heterocycles. The minimum atomic E-state index is -1.42. The molecule has 1 fully saturated rings. The summed E-state index contributed by atoms with van der Waals surface area (Å²) in [6.45, 7) is 0. The third-order valence-corrected chi connectivity index (χ3v) is 3.12. The van der Waals surface area contributed by atoms with Gasteiger partial charge >= 0.3 is 0 Å². The molecular weight excluding hydrogens is 250 g/mol. The highest BCUT2D eigenvalue weighted by atomic mass is 16.6. The summed E-state index contributed by atoms with van der Waals surface area (Å²) in [5.41, 5.74) is 1.18. The second kappa shape index (κ2) is 4.75. The van der Waals surface area contributed by atoms with Gasteiger partial charge < -0.3 is 24.6 Å². The van der Waals surface area contributed by atoms with Crippen LogP contribution in [0.5, 0.6) is 0 Å². The first-order valence-electron chi connectivity index (χ1n) is 5.88. The molecule has 1 aliphatic heterocycles. The van der Waals surface area contributed by atoms with Crippen LogP contribution in [0, 0.1) is 0 Å². The van der Waals surface area contributed by atoms with E-state index in [9.17, 15) is 15.3 Å². The zero-order chi connectivity index (χ0) is 13.4. The highest BCUT2D eigenvalue weighted by Gasteiger charge is 2.44. The maximum atomic E-state index is 9.74. The number of nitrogens with zero attached hydrogens (tertiary/aromatic N) is 1. The van der Waals surface area contributed by atoms with Crippen LogP contribution in [-0.4, -0.2) is 39.0 Å². The van der Waals surface area contributed by atoms with Crippen molar-refractivity contribution in [1.82, 2.24) is 5.16 Å². The van der Waals surface area contributed by atoms with Gasteiger partial charge in [0, 0.05) is 11.6 Å². The van der Waals surface area contributed by atoms with Crippen LogP contribution in [0.25, 0.3) is 11.3 Å². The Hall–Kier alpha value is -1.73. The van der Waals surface area contributed by atoms with Gasteiger partial charge in [-0.1, -0.05) is 35.5 Å². The fourth-order valence-corrected chi connectivity index (χ4v) is 2.07. The van der Waals surface area contributed by atoms with Crippen LogP contribution in [0.4, 0.5) is 0 Å². The van der Waals surface area contributed by atoms with Crippen molar-refractivity contribution in [3.8, 4) is 11.3 Å². The van der Waals surface area contributed by atoms with Gasteiger partial charge in [0.05, 0.1) is 0 Å². The van der Waals surface area contributed by atoms with E-state index >= 15 is 0 Å². The van der Waals surface area contributed by atoms with E-state index in [1.54, 1.807) is 6.07 Å². The van der Waals surface area contributed by atoms with Gasteiger partial charge in [0.25, 0.3) is 0 Å². The Morgan fingerprint density at radius 2 is 1.74 bits per heavy atom. The Morgan fingerprint density at radius 3 is 2.37 bits per heavy atom. The molecule has 3 rings (SSSR count). The lowest BCUT2D eigenvalue weighted by Crippen LogP contribution is -2.30. The lowest BCUT2D eigenvalue weighted by molar-refractivity contribution is -0.128. The highest BCUT2D eigenvalue weighted by molar-refractivity contribution is 5.57. The van der Waals surface area contributed by atoms with Crippen molar-refractivity contribution in [2.75, 3.05) is 0 Å². The second-order valence-corrected chi connectivity index (χ2v) is 4.41. The number of rotatable bonds is 2. The average molecular weight is 263 g/mol. The van der Waals surface area contributed by atoms with Crippen molar-refractivity contribution in [1.29, 1.82) is 0 Å². The van der Waals surface area contributed by atoms with E-state index in [0.29, 0.717) is 11.5 Å². The van der Waals surface area contributed by atoms with E-state index in [-0.39, 0.29) is 0 Å². The van der Waals surface area contributed by atoms with E-state index < -0.39 is 24.6 Å². The summed E-state index contributed by atoms with van der Waals surface area (Å²) in [7, 11) is 0. The summed E-state index contributed by atoms with van der Waals surface area (Å²) in [5, 5.41) is 32.3. The minimum Gasteiger partial charge on any atom is -0.387 e. The smallest absolute Gasteiger partial charge is 0.184 e. The lowest BCUT2D eigenvalue weighted by atomic mass is 10.1. The summed E-state index contributed by atoms with van der Waals surface area (Å²) in [5.74, 6) is 0.530. The molecule has 1 aliphatic rings. The fourth-order valence-electron chi connectivity index (χ4n) is 2.07. The van der Waals surface area contributed by atoms with Crippen LogP contribution >= 0.6 is 0 Å². The molecule has 4 atom stereocenters. The zero-order valence-electron chi connectivity index (χ0n) is 9.88. The van der Waals surface area contributed by atoms with Gasteiger partial charge in [-0.3, -0.25) is 0 Å². The van der Waals surface area contributed by atoms with Crippen LogP contribution < -0.4 is 0 Å². The number of hydrogen-bond donors (Lipinski definition) is 3. The predicted octanol–water partition coefficient (Wildman–Crippen LogP) is 0.453. The molecular formula is C13H13NO5. The minimum absolute atomic E-state index is 0.335. The standard InChI is InChI=1S/C13H13NO5/c15-10-11(16)13(17)18-12(10)8-6-9(19-14-8)7-4-2-1-3-5-7/h1-6,10-13,15-17H/t10-,11-,12-,13?/m1/s1. The Bertz CT molecular complexity index is 555. The molecule has 0 radical (unpaired) electrons. The number of benzene rings is 1. The molecule has 100 valence electrons. The van der Waals surface area contributed by atoms with Gasteiger partial charge in [0.15, 0.2) is 12.1 Å². The van der Waals surface area contributed by atoms with Crippen molar-refractivity contribution < 1.29 is 24.6 Å². The third kappa shape index (κ3) is 2.15. The first-order valence-corrected chi connectivity index (χ1v) is 5.88. The molecule has 19 heavy (non-hydrogen) atoms. The predicted molar refractivity (Wildman–Crippen MR) is 63.8 cm³/mol. The monoisotopic (exact) mass is 263 g/mol. The Morgan fingerprint density at radius 1 is 1.00 bits per heavy atom. The molecule has 0 amide bonds. The van der Waals surface area contributed by atoms with Crippen molar-refractivity contribution in [3.63, 3.8) is 0 Å². The molecule has 6 heteroatoms. The molecule has 0 saturated carbocycles. The highest BCUT2D eigenvalue weighted by Crippen LogP contribution is 2.33. The molecule has 6 nitrogen and oxygen atoms in total. The van der Waals surface area contributed by atoms with Gasteiger partial charge in [-0.25, -0.2) is 0 Å². The summed E-state index contributed by atoms with van der Waals surface area (Å²) in [6.07, 6.45) is -4.89. The summed E-state index contributed by atoms with van der Waals surface area (Å²) < 4.78 is 10.2. The van der Waals surface area contributed by atoms with Gasteiger partial charge in [-0.15, -0.1) is 0 Å². The first-order chi connectivity index (χ1) is 9.16. The molecule has 1 aromatic carbocycles. The fraction of sp³-hybridized carbons (Fsp3) is 0.308. The average Bonchev–Trinajstić information content (AvgIpc) is 3.01. The Labute approximate surface area is 108 Å². The van der Waals surface area contributed by atoms with Crippen LogP contribution in [0.1, 0.15) is 11.8 Å². The summed E-state index contributed by atoms with van der Waals surface area (Å²) in [6, 6.07) is 11.0. The van der Waals surface area contributed by atoms with Gasteiger partial charge in [-0.2, -0.15) is 0 Å². The molecule has 0 aliphatic carbocycles. The number of aliphatic hydroxyl groups excluding tert-OH is 3. The topological polar surface area (TPSA) is 96.0 Å². The normalized spacial score (nSPS) is 30.7. The molecule has 1 aromatic heterocycles. The zero-order valence-corrected chi connectivity index (χ0v) is 9.88. The lowest BCUT2D eigenvalue weighted by Gasteiger charge is -2.10. The van der Waals surface area contributed by atoms with Crippen molar-refractivity contribution >= 4 is 0 Å². The van der Waals surface area contributed by atoms with Crippen LogP contribution in [-0.2, 0) is 4.74 Å². The molecule has 0 bridgehead atoms. The maximum Gasteiger partial charge on any atom is 0.184 e. The van der Waals surface area contributed by atoms with E-state index in [1.165, 1.54) is 0 Å². The van der Waals surface area contributed by atoms with E-state index in [2.05, 4.69) is 5.16 Å². The number of ether oxygens (including phenoxy) is 1. The Kier molecular flexibility index (Phi) is 3.08. The van der Waals surface area contributed by atoms with E-state index in [0.717, 1.165) is 5.56 Å². The first kappa shape index (κ1) is 12.3. The molecule has 1 unspecified atom stereocenters.